The highest BCUT2D eigenvalue weighted by atomic mass is 15.3. The fourth-order valence-electron chi connectivity index (χ4n) is 2.91. The van der Waals surface area contributed by atoms with Gasteiger partial charge in [0.2, 0.25) is 0 Å². The number of nitrogens with two attached hydrogens (primary N) is 1. The highest BCUT2D eigenvalue weighted by Crippen LogP contribution is 2.17. The number of nitrogens with zero attached hydrogens (tertiary/aromatic N) is 1. The molecule has 1 aliphatic rings. The molecule has 1 aliphatic heterocycles. The molecule has 4 N–H and O–H groups in total. The second-order valence-corrected chi connectivity index (χ2v) is 6.67. The van der Waals surface area contributed by atoms with Crippen molar-refractivity contribution >= 4 is 6.21 Å². The minimum atomic E-state index is -0.779. The number of aliphatic imine (C=N–C) groups is 1. The smallest absolute Gasteiger partial charge is 0.183 e. The van der Waals surface area contributed by atoms with Crippen LogP contribution in [0.15, 0.2) is 71.5 Å². The van der Waals surface area contributed by atoms with Crippen molar-refractivity contribution in [2.45, 2.75) is 38.5 Å². The lowest BCUT2D eigenvalue weighted by Crippen LogP contribution is -2.55. The Kier molecular flexibility index (Phi) is 5.19. The van der Waals surface area contributed by atoms with Gasteiger partial charge in [-0.2, -0.15) is 0 Å². The summed E-state index contributed by atoms with van der Waals surface area (Å²) in [5.74, 6) is 0.121. The standard InChI is InChI=1S/C21H26N4/c1-16-8-10-18(11-9-16)12-14-21(22)23-15-13-20(25-21)24-17(2)19-6-4-3-5-7-19/h3-11,13,15,17,24-25H,12,14,22H2,1-2H3. The Morgan fingerprint density at radius 3 is 2.56 bits per heavy atom. The normalized spacial score (nSPS) is 20.5. The van der Waals surface area contributed by atoms with Crippen LogP contribution in [0.3, 0.4) is 0 Å². The molecule has 0 bridgehead atoms. The van der Waals surface area contributed by atoms with E-state index in [1.54, 1.807) is 6.21 Å². The third-order valence-corrected chi connectivity index (χ3v) is 4.48. The Morgan fingerprint density at radius 2 is 1.84 bits per heavy atom. The van der Waals surface area contributed by atoms with Crippen molar-refractivity contribution in [1.29, 1.82) is 0 Å². The first-order chi connectivity index (χ1) is 12.0. The van der Waals surface area contributed by atoms with E-state index >= 15 is 0 Å². The van der Waals surface area contributed by atoms with E-state index in [1.807, 2.05) is 24.3 Å². The highest BCUT2D eigenvalue weighted by molar-refractivity contribution is 5.73. The maximum atomic E-state index is 6.45. The lowest BCUT2D eigenvalue weighted by Gasteiger charge is -2.32. The third kappa shape index (κ3) is 4.70. The van der Waals surface area contributed by atoms with Gasteiger partial charge in [0.1, 0.15) is 5.82 Å². The fourth-order valence-corrected chi connectivity index (χ4v) is 2.91. The Hall–Kier alpha value is -2.59. The van der Waals surface area contributed by atoms with E-state index < -0.39 is 5.79 Å². The summed E-state index contributed by atoms with van der Waals surface area (Å²) in [6.07, 6.45) is 5.32. The molecular weight excluding hydrogens is 308 g/mol. The maximum Gasteiger partial charge on any atom is 0.183 e. The predicted octanol–water partition coefficient (Wildman–Crippen LogP) is 3.41. The van der Waals surface area contributed by atoms with Gasteiger partial charge in [0.15, 0.2) is 5.79 Å². The largest absolute Gasteiger partial charge is 0.365 e. The minimum absolute atomic E-state index is 0.188. The van der Waals surface area contributed by atoms with Gasteiger partial charge < -0.3 is 10.6 Å². The number of hydrogen-bond donors (Lipinski definition) is 3. The van der Waals surface area contributed by atoms with Crippen LogP contribution in [0.2, 0.25) is 0 Å². The summed E-state index contributed by atoms with van der Waals surface area (Å²) < 4.78 is 0. The molecule has 1 heterocycles. The molecule has 0 saturated heterocycles. The van der Waals surface area contributed by atoms with Gasteiger partial charge in [0.25, 0.3) is 0 Å². The average molecular weight is 334 g/mol. The topological polar surface area (TPSA) is 62.4 Å². The molecule has 0 saturated carbocycles. The summed E-state index contributed by atoms with van der Waals surface area (Å²) in [5.41, 5.74) is 10.2. The molecule has 130 valence electrons. The van der Waals surface area contributed by atoms with Gasteiger partial charge in [-0.1, -0.05) is 60.2 Å². The van der Waals surface area contributed by atoms with Crippen LogP contribution in [-0.2, 0) is 6.42 Å². The molecule has 0 fully saturated rings. The zero-order chi connectivity index (χ0) is 17.7. The average Bonchev–Trinajstić information content (AvgIpc) is 2.62. The third-order valence-electron chi connectivity index (χ3n) is 4.48. The van der Waals surface area contributed by atoms with Gasteiger partial charge in [-0.3, -0.25) is 10.7 Å². The second-order valence-electron chi connectivity index (χ2n) is 6.67. The van der Waals surface area contributed by atoms with Crippen molar-refractivity contribution < 1.29 is 0 Å². The predicted molar refractivity (Wildman–Crippen MR) is 104 cm³/mol. The van der Waals surface area contributed by atoms with Crippen LogP contribution in [0.4, 0.5) is 0 Å². The van der Waals surface area contributed by atoms with Crippen LogP contribution >= 0.6 is 0 Å². The molecule has 2 aromatic rings. The van der Waals surface area contributed by atoms with Crippen molar-refractivity contribution in [2.75, 3.05) is 0 Å². The fraction of sp³-hybridized carbons (Fsp3) is 0.286. The van der Waals surface area contributed by atoms with E-state index in [0.717, 1.165) is 18.7 Å². The van der Waals surface area contributed by atoms with Crippen LogP contribution < -0.4 is 16.4 Å². The maximum absolute atomic E-state index is 6.45. The SMILES string of the molecule is Cc1ccc(CCC2(N)N=CC=C(NC(C)c3ccccc3)N2)cc1. The number of rotatable bonds is 6. The van der Waals surface area contributed by atoms with E-state index in [1.165, 1.54) is 16.7 Å². The molecule has 0 aromatic heterocycles. The summed E-state index contributed by atoms with van der Waals surface area (Å²) in [6, 6.07) is 19.1. The molecule has 0 aliphatic carbocycles. The van der Waals surface area contributed by atoms with E-state index in [-0.39, 0.29) is 6.04 Å². The number of benzene rings is 2. The Balaban J connectivity index is 1.59. The zero-order valence-corrected chi connectivity index (χ0v) is 14.9. The number of allylic oxidation sites excluding steroid dienone is 1. The molecule has 0 spiro atoms. The summed E-state index contributed by atoms with van der Waals surface area (Å²) >= 11 is 0. The van der Waals surface area contributed by atoms with Crippen molar-refractivity contribution in [3.05, 3.63) is 83.2 Å². The van der Waals surface area contributed by atoms with Crippen molar-refractivity contribution in [1.82, 2.24) is 10.6 Å². The van der Waals surface area contributed by atoms with Gasteiger partial charge in [-0.25, -0.2) is 0 Å². The van der Waals surface area contributed by atoms with Gasteiger partial charge in [0.05, 0.1) is 0 Å². The molecule has 3 rings (SSSR count). The van der Waals surface area contributed by atoms with Gasteiger partial charge in [-0.05, 0) is 37.5 Å². The van der Waals surface area contributed by atoms with Crippen LogP contribution in [0.5, 0.6) is 0 Å². The van der Waals surface area contributed by atoms with Gasteiger partial charge >= 0.3 is 0 Å². The summed E-state index contributed by atoms with van der Waals surface area (Å²) in [6.45, 7) is 4.23. The Bertz CT molecular complexity index is 749. The molecular formula is C21H26N4. The summed E-state index contributed by atoms with van der Waals surface area (Å²) in [5, 5.41) is 6.82. The van der Waals surface area contributed by atoms with Crippen LogP contribution in [0.1, 0.15) is 36.1 Å². The Labute approximate surface area is 149 Å². The number of nitrogens with one attached hydrogen (secondary N) is 2. The van der Waals surface area contributed by atoms with E-state index in [4.69, 9.17) is 5.73 Å². The number of hydrogen-bond acceptors (Lipinski definition) is 4. The zero-order valence-electron chi connectivity index (χ0n) is 14.9. The quantitative estimate of drug-likeness (QED) is 0.759. The molecule has 2 aromatic carbocycles. The van der Waals surface area contributed by atoms with Crippen molar-refractivity contribution in [2.24, 2.45) is 10.7 Å². The van der Waals surface area contributed by atoms with Gasteiger partial charge in [0, 0.05) is 18.7 Å². The second kappa shape index (κ2) is 7.53. The lowest BCUT2D eigenvalue weighted by molar-refractivity contribution is 0.338. The minimum Gasteiger partial charge on any atom is -0.365 e. The molecule has 25 heavy (non-hydrogen) atoms. The lowest BCUT2D eigenvalue weighted by atomic mass is 10.0. The molecule has 2 unspecified atom stereocenters. The van der Waals surface area contributed by atoms with Crippen LogP contribution in [-0.4, -0.2) is 12.0 Å². The summed E-state index contributed by atoms with van der Waals surface area (Å²) in [7, 11) is 0. The first kappa shape index (κ1) is 17.2. The molecule has 2 atom stereocenters. The highest BCUT2D eigenvalue weighted by Gasteiger charge is 2.26. The molecule has 0 radical (unpaired) electrons. The first-order valence-corrected chi connectivity index (χ1v) is 8.74. The monoisotopic (exact) mass is 334 g/mol. The van der Waals surface area contributed by atoms with Crippen LogP contribution in [0.25, 0.3) is 0 Å². The van der Waals surface area contributed by atoms with Crippen LogP contribution in [0, 0.1) is 6.92 Å². The van der Waals surface area contributed by atoms with E-state index in [0.29, 0.717) is 0 Å². The Morgan fingerprint density at radius 1 is 1.12 bits per heavy atom. The van der Waals surface area contributed by atoms with Gasteiger partial charge in [-0.15, -0.1) is 0 Å². The summed E-state index contributed by atoms with van der Waals surface area (Å²) in [4.78, 5) is 4.45. The van der Waals surface area contributed by atoms with E-state index in [2.05, 4.69) is 65.9 Å². The van der Waals surface area contributed by atoms with E-state index in [9.17, 15) is 0 Å². The van der Waals surface area contributed by atoms with Crippen molar-refractivity contribution in [3.63, 3.8) is 0 Å². The molecule has 4 nitrogen and oxygen atoms in total. The molecule has 4 heteroatoms. The first-order valence-electron chi connectivity index (χ1n) is 8.74. The number of aryl methyl sites for hydroxylation is 2. The molecule has 0 amide bonds. The van der Waals surface area contributed by atoms with Crippen molar-refractivity contribution in [3.8, 4) is 0 Å².